The molecule has 1 aromatic heterocycles. The first-order valence-electron chi connectivity index (χ1n) is 10.8. The molecule has 1 aliphatic heterocycles. The molecule has 0 saturated carbocycles. The predicted octanol–water partition coefficient (Wildman–Crippen LogP) is 3.03. The first kappa shape index (κ1) is 23.6. The first-order valence-corrected chi connectivity index (χ1v) is 12.3. The third-order valence-corrected chi connectivity index (χ3v) is 7.74. The minimum atomic E-state index is -4.33. The van der Waals surface area contributed by atoms with Crippen molar-refractivity contribution >= 4 is 32.9 Å². The minimum Gasteiger partial charge on any atom is -0.481 e. The quantitative estimate of drug-likeness (QED) is 0.557. The normalized spacial score (nSPS) is 15.1. The molecule has 0 radical (unpaired) electrons. The van der Waals surface area contributed by atoms with E-state index in [1.165, 1.54) is 18.3 Å². The van der Waals surface area contributed by atoms with Crippen LogP contribution in [0.4, 0.5) is 15.9 Å². The van der Waals surface area contributed by atoms with E-state index in [1.54, 1.807) is 13.0 Å². The number of rotatable bonds is 7. The molecule has 0 fully saturated rings. The lowest BCUT2D eigenvalue weighted by atomic mass is 10.0. The maximum absolute atomic E-state index is 15.0. The van der Waals surface area contributed by atoms with Crippen molar-refractivity contribution in [3.05, 3.63) is 76.7 Å². The highest BCUT2D eigenvalue weighted by molar-refractivity contribution is 7.91. The summed E-state index contributed by atoms with van der Waals surface area (Å²) in [5.74, 6) is -1.57. The number of fused-ring (bicyclic) bond motifs is 1. The van der Waals surface area contributed by atoms with Crippen LogP contribution in [0, 0.1) is 5.82 Å². The Kier molecular flexibility index (Phi) is 6.22. The average molecular weight is 482 g/mol. The molecule has 0 amide bonds. The predicted molar refractivity (Wildman–Crippen MR) is 126 cm³/mol. The number of hydrogen-bond donors (Lipinski definition) is 1. The van der Waals surface area contributed by atoms with Crippen LogP contribution in [-0.2, 0) is 21.1 Å². The maximum atomic E-state index is 15.0. The SMILES string of the molecule is CCc1cccc(N(C)c2ccc(S(=O)(=O)c3c(F)ccc4c3=C(CC(=O)O)C(C)N=4)cn2)c1. The zero-order valence-corrected chi connectivity index (χ0v) is 19.8. The monoisotopic (exact) mass is 481 g/mol. The molecule has 2 heterocycles. The number of nitrogens with zero attached hydrogens (tertiary/aromatic N) is 3. The molecule has 1 unspecified atom stereocenters. The van der Waals surface area contributed by atoms with Crippen molar-refractivity contribution < 1.29 is 22.7 Å². The molecule has 7 nitrogen and oxygen atoms in total. The van der Waals surface area contributed by atoms with Crippen LogP contribution in [0.15, 0.2) is 69.5 Å². The highest BCUT2D eigenvalue weighted by atomic mass is 32.2. The van der Waals surface area contributed by atoms with Gasteiger partial charge in [-0.2, -0.15) is 0 Å². The Hall–Kier alpha value is -3.59. The second kappa shape index (κ2) is 8.98. The zero-order valence-electron chi connectivity index (χ0n) is 19.0. The van der Waals surface area contributed by atoms with Crippen LogP contribution in [0.2, 0.25) is 0 Å². The van der Waals surface area contributed by atoms with Gasteiger partial charge < -0.3 is 10.0 Å². The Balaban J connectivity index is 1.79. The van der Waals surface area contributed by atoms with Crippen molar-refractivity contribution in [2.75, 3.05) is 11.9 Å². The van der Waals surface area contributed by atoms with Crippen LogP contribution in [0.3, 0.4) is 0 Å². The van der Waals surface area contributed by atoms with Crippen molar-refractivity contribution in [3.8, 4) is 0 Å². The third-order valence-electron chi connectivity index (χ3n) is 5.94. The summed E-state index contributed by atoms with van der Waals surface area (Å²) in [6.07, 6.45) is 1.64. The number of aromatic nitrogens is 1. The summed E-state index contributed by atoms with van der Waals surface area (Å²) in [7, 11) is -2.51. The Bertz CT molecular complexity index is 1500. The minimum absolute atomic E-state index is 0.0347. The molecular weight excluding hydrogens is 457 g/mol. The summed E-state index contributed by atoms with van der Waals surface area (Å²) in [4.78, 5) is 21.1. The van der Waals surface area contributed by atoms with Crippen molar-refractivity contribution in [2.24, 2.45) is 4.99 Å². The fraction of sp³-hybridized carbons (Fsp3) is 0.240. The number of benzene rings is 2. The Morgan fingerprint density at radius 2 is 1.94 bits per heavy atom. The number of aryl methyl sites for hydroxylation is 1. The van der Waals surface area contributed by atoms with E-state index in [-0.39, 0.29) is 21.0 Å². The topological polar surface area (TPSA) is 99.9 Å². The molecule has 34 heavy (non-hydrogen) atoms. The molecule has 0 bridgehead atoms. The van der Waals surface area contributed by atoms with Crippen LogP contribution >= 0.6 is 0 Å². The molecule has 0 saturated heterocycles. The van der Waals surface area contributed by atoms with Crippen LogP contribution in [0.1, 0.15) is 25.8 Å². The van der Waals surface area contributed by atoms with E-state index in [9.17, 15) is 22.7 Å². The Morgan fingerprint density at radius 1 is 1.18 bits per heavy atom. The van der Waals surface area contributed by atoms with E-state index >= 15 is 0 Å². The molecule has 1 aliphatic rings. The summed E-state index contributed by atoms with van der Waals surface area (Å²) < 4.78 is 41.9. The number of pyridine rings is 1. The van der Waals surface area contributed by atoms with Crippen molar-refractivity contribution in [3.63, 3.8) is 0 Å². The zero-order chi connectivity index (χ0) is 24.6. The first-order chi connectivity index (χ1) is 16.1. The number of anilines is 2. The van der Waals surface area contributed by atoms with Crippen molar-refractivity contribution in [2.45, 2.75) is 42.5 Å². The van der Waals surface area contributed by atoms with E-state index < -0.39 is 39.0 Å². The fourth-order valence-corrected chi connectivity index (χ4v) is 5.59. The molecular formula is C25H24FN3O4S. The maximum Gasteiger partial charge on any atom is 0.307 e. The van der Waals surface area contributed by atoms with Crippen LogP contribution in [0.5, 0.6) is 0 Å². The second-order valence-electron chi connectivity index (χ2n) is 8.11. The number of sulfone groups is 1. The molecule has 1 N–H and O–H groups in total. The van der Waals surface area contributed by atoms with Gasteiger partial charge in [0.2, 0.25) is 9.84 Å². The molecule has 0 spiro atoms. The number of carboxylic acids is 1. The van der Waals surface area contributed by atoms with Crippen LogP contribution in [-0.4, -0.2) is 37.6 Å². The lowest BCUT2D eigenvalue weighted by Gasteiger charge is -2.19. The van der Waals surface area contributed by atoms with E-state index in [0.29, 0.717) is 5.82 Å². The van der Waals surface area contributed by atoms with Gasteiger partial charge in [-0.25, -0.2) is 17.8 Å². The molecule has 9 heteroatoms. The van der Waals surface area contributed by atoms with Crippen LogP contribution < -0.4 is 15.5 Å². The Labute approximate surface area is 196 Å². The molecule has 2 aromatic carbocycles. The van der Waals surface area contributed by atoms with Gasteiger partial charge in [0.05, 0.1) is 22.7 Å². The number of carboxylic acid groups (broad SMARTS) is 1. The fourth-order valence-electron chi connectivity index (χ4n) is 4.09. The Morgan fingerprint density at radius 3 is 2.59 bits per heavy atom. The van der Waals surface area contributed by atoms with Gasteiger partial charge in [-0.15, -0.1) is 0 Å². The summed E-state index contributed by atoms with van der Waals surface area (Å²) in [5.41, 5.74) is 2.32. The van der Waals surface area contributed by atoms with Gasteiger partial charge in [0, 0.05) is 24.2 Å². The van der Waals surface area contributed by atoms with E-state index in [1.807, 2.05) is 36.2 Å². The standard InChI is InChI=1S/C25H24FN3O4S/c1-4-16-6-5-7-17(12-16)29(3)22-11-8-18(14-27-22)34(32,33)25-20(26)9-10-21-24(25)19(13-23(30)31)15(2)28-21/h5-12,14-15H,4,13H2,1-3H3,(H,30,31). The highest BCUT2D eigenvalue weighted by Crippen LogP contribution is 2.26. The lowest BCUT2D eigenvalue weighted by Crippen LogP contribution is -2.32. The number of halogens is 1. The van der Waals surface area contributed by atoms with E-state index in [0.717, 1.165) is 23.7 Å². The van der Waals surface area contributed by atoms with Crippen molar-refractivity contribution in [1.82, 2.24) is 4.98 Å². The molecule has 3 aromatic rings. The molecule has 1 atom stereocenters. The summed E-state index contributed by atoms with van der Waals surface area (Å²) >= 11 is 0. The number of aliphatic carboxylic acids is 1. The van der Waals surface area contributed by atoms with Gasteiger partial charge in [0.25, 0.3) is 0 Å². The lowest BCUT2D eigenvalue weighted by molar-refractivity contribution is -0.135. The second-order valence-corrected chi connectivity index (χ2v) is 10.00. The molecule has 4 rings (SSSR count). The molecule has 176 valence electrons. The van der Waals surface area contributed by atoms with Gasteiger partial charge in [0.15, 0.2) is 0 Å². The average Bonchev–Trinajstić information content (AvgIpc) is 3.12. The van der Waals surface area contributed by atoms with E-state index in [2.05, 4.69) is 16.9 Å². The van der Waals surface area contributed by atoms with Gasteiger partial charge in [-0.3, -0.25) is 9.79 Å². The largest absolute Gasteiger partial charge is 0.481 e. The van der Waals surface area contributed by atoms with Gasteiger partial charge in [-0.1, -0.05) is 19.1 Å². The highest BCUT2D eigenvalue weighted by Gasteiger charge is 2.29. The number of carbonyl (C=O) groups is 1. The van der Waals surface area contributed by atoms with E-state index in [4.69, 9.17) is 0 Å². The van der Waals surface area contributed by atoms with Crippen molar-refractivity contribution in [1.29, 1.82) is 0 Å². The number of hydrogen-bond acceptors (Lipinski definition) is 6. The van der Waals surface area contributed by atoms with Gasteiger partial charge >= 0.3 is 5.97 Å². The smallest absolute Gasteiger partial charge is 0.307 e. The third kappa shape index (κ3) is 4.19. The summed E-state index contributed by atoms with van der Waals surface area (Å²) in [6, 6.07) is 12.7. The van der Waals surface area contributed by atoms with Gasteiger partial charge in [0.1, 0.15) is 16.5 Å². The van der Waals surface area contributed by atoms with Crippen LogP contribution in [0.25, 0.3) is 5.57 Å². The van der Waals surface area contributed by atoms with Gasteiger partial charge in [-0.05, 0) is 60.9 Å². The summed E-state index contributed by atoms with van der Waals surface area (Å²) in [5, 5.41) is 9.59. The summed E-state index contributed by atoms with van der Waals surface area (Å²) in [6.45, 7) is 3.72. The molecule has 0 aliphatic carbocycles.